The lowest BCUT2D eigenvalue weighted by Gasteiger charge is -2.17. The number of nitrogens with zero attached hydrogens (tertiary/aromatic N) is 2. The molecule has 2 N–H and O–H groups in total. The molecule has 0 saturated carbocycles. The Labute approximate surface area is 114 Å². The lowest BCUT2D eigenvalue weighted by atomic mass is 10.2. The van der Waals surface area contributed by atoms with Gasteiger partial charge in [-0.1, -0.05) is 18.2 Å². The van der Waals surface area contributed by atoms with Gasteiger partial charge in [-0.3, -0.25) is 0 Å². The van der Waals surface area contributed by atoms with Gasteiger partial charge in [0.2, 0.25) is 0 Å². The molecule has 1 aromatic heterocycles. The van der Waals surface area contributed by atoms with Crippen LogP contribution >= 0.6 is 12.2 Å². The molecule has 18 heavy (non-hydrogen) atoms. The second kappa shape index (κ2) is 6.96. The molecule has 0 aliphatic carbocycles. The van der Waals surface area contributed by atoms with Crippen molar-refractivity contribution in [2.45, 2.75) is 13.5 Å². The molecule has 4 nitrogen and oxygen atoms in total. The van der Waals surface area contributed by atoms with E-state index in [0.29, 0.717) is 18.2 Å². The molecule has 0 bridgehead atoms. The van der Waals surface area contributed by atoms with Crippen LogP contribution in [0.3, 0.4) is 0 Å². The van der Waals surface area contributed by atoms with Gasteiger partial charge in [-0.05, 0) is 25.2 Å². The van der Waals surface area contributed by atoms with Gasteiger partial charge in [0.05, 0.1) is 0 Å². The molecular weight excluding hydrogens is 244 g/mol. The van der Waals surface area contributed by atoms with Crippen LogP contribution in [0.1, 0.15) is 12.5 Å². The molecule has 0 radical (unpaired) electrons. The third-order valence-corrected chi connectivity index (χ3v) is 2.57. The first kappa shape index (κ1) is 14.4. The number of hydrogen-bond donors (Lipinski definition) is 2. The smallest absolute Gasteiger partial charge is 0.166 e. The van der Waals surface area contributed by atoms with Crippen LogP contribution in [0.15, 0.2) is 30.5 Å². The van der Waals surface area contributed by atoms with Gasteiger partial charge in [-0.25, -0.2) is 4.98 Å². The molecule has 0 fully saturated rings. The first-order valence-corrected chi connectivity index (χ1v) is 6.19. The standard InChI is InChI=1S/C13H20N4S/c1-10(2)8-15-13(18)16-9-11-6-5-7-14-12(11)17(3)4/h5-7H,1,8-9H2,2-4H3,(H2,15,16,18). The van der Waals surface area contributed by atoms with Gasteiger partial charge >= 0.3 is 0 Å². The highest BCUT2D eigenvalue weighted by Gasteiger charge is 2.05. The van der Waals surface area contributed by atoms with Gasteiger partial charge in [0.1, 0.15) is 5.82 Å². The molecule has 98 valence electrons. The summed E-state index contributed by atoms with van der Waals surface area (Å²) in [6.45, 7) is 7.13. The minimum atomic E-state index is 0.631. The van der Waals surface area contributed by atoms with E-state index in [1.165, 1.54) is 0 Å². The van der Waals surface area contributed by atoms with Gasteiger partial charge in [0.15, 0.2) is 5.11 Å². The van der Waals surface area contributed by atoms with E-state index in [-0.39, 0.29) is 0 Å². The third-order valence-electron chi connectivity index (χ3n) is 2.28. The van der Waals surface area contributed by atoms with E-state index in [1.54, 1.807) is 6.20 Å². The summed E-state index contributed by atoms with van der Waals surface area (Å²) < 4.78 is 0. The number of rotatable bonds is 5. The predicted molar refractivity (Wildman–Crippen MR) is 80.8 cm³/mol. The second-order valence-electron chi connectivity index (χ2n) is 4.37. The zero-order valence-electron chi connectivity index (χ0n) is 11.2. The Morgan fingerprint density at radius 2 is 2.17 bits per heavy atom. The SMILES string of the molecule is C=C(C)CNC(=S)NCc1cccnc1N(C)C. The number of pyridine rings is 1. The van der Waals surface area contributed by atoms with Crippen molar-refractivity contribution in [3.8, 4) is 0 Å². The summed E-state index contributed by atoms with van der Waals surface area (Å²) in [6, 6.07) is 3.96. The molecule has 0 unspecified atom stereocenters. The fourth-order valence-electron chi connectivity index (χ4n) is 1.44. The summed E-state index contributed by atoms with van der Waals surface area (Å²) in [4.78, 5) is 6.33. The Morgan fingerprint density at radius 3 is 2.78 bits per heavy atom. The second-order valence-corrected chi connectivity index (χ2v) is 4.78. The molecule has 0 amide bonds. The van der Waals surface area contributed by atoms with E-state index in [2.05, 4.69) is 22.2 Å². The summed E-state index contributed by atoms with van der Waals surface area (Å²) in [7, 11) is 3.95. The minimum absolute atomic E-state index is 0.631. The largest absolute Gasteiger partial charge is 0.362 e. The zero-order valence-corrected chi connectivity index (χ0v) is 12.0. The van der Waals surface area contributed by atoms with Gasteiger partial charge in [-0.2, -0.15) is 0 Å². The highest BCUT2D eigenvalue weighted by atomic mass is 32.1. The molecule has 1 heterocycles. The van der Waals surface area contributed by atoms with Crippen LogP contribution in [0.4, 0.5) is 5.82 Å². The Kier molecular flexibility index (Phi) is 5.58. The highest BCUT2D eigenvalue weighted by molar-refractivity contribution is 7.80. The Balaban J connectivity index is 2.53. The van der Waals surface area contributed by atoms with Crippen LogP contribution in [0.2, 0.25) is 0 Å². The summed E-state index contributed by atoms with van der Waals surface area (Å²) in [5.74, 6) is 0.952. The van der Waals surface area contributed by atoms with Crippen molar-refractivity contribution in [1.29, 1.82) is 0 Å². The zero-order chi connectivity index (χ0) is 13.5. The van der Waals surface area contributed by atoms with E-state index >= 15 is 0 Å². The van der Waals surface area contributed by atoms with Crippen LogP contribution in [-0.2, 0) is 6.54 Å². The van der Waals surface area contributed by atoms with Crippen LogP contribution in [-0.4, -0.2) is 30.7 Å². The molecule has 1 rings (SSSR count). The van der Waals surface area contributed by atoms with Crippen LogP contribution in [0.25, 0.3) is 0 Å². The minimum Gasteiger partial charge on any atom is -0.362 e. The number of aromatic nitrogens is 1. The highest BCUT2D eigenvalue weighted by Crippen LogP contribution is 2.13. The van der Waals surface area contributed by atoms with Gasteiger partial charge < -0.3 is 15.5 Å². The maximum absolute atomic E-state index is 5.18. The summed E-state index contributed by atoms with van der Waals surface area (Å²) in [6.07, 6.45) is 1.79. The summed E-state index contributed by atoms with van der Waals surface area (Å²) in [5, 5.41) is 6.88. The summed E-state index contributed by atoms with van der Waals surface area (Å²) >= 11 is 5.18. The quantitative estimate of drug-likeness (QED) is 0.625. The lowest BCUT2D eigenvalue weighted by molar-refractivity contribution is 0.851. The predicted octanol–water partition coefficient (Wildman–Crippen LogP) is 1.69. The van der Waals surface area contributed by atoms with Crippen molar-refractivity contribution in [2.75, 3.05) is 25.5 Å². The van der Waals surface area contributed by atoms with Crippen molar-refractivity contribution in [2.24, 2.45) is 0 Å². The molecule has 0 aromatic carbocycles. The first-order valence-electron chi connectivity index (χ1n) is 5.78. The molecule has 5 heteroatoms. The maximum Gasteiger partial charge on any atom is 0.166 e. The first-order chi connectivity index (χ1) is 8.50. The van der Waals surface area contributed by atoms with Gasteiger partial charge in [0.25, 0.3) is 0 Å². The van der Waals surface area contributed by atoms with Gasteiger partial charge in [-0.15, -0.1) is 0 Å². The van der Waals surface area contributed by atoms with E-state index in [0.717, 1.165) is 17.0 Å². The number of hydrogen-bond acceptors (Lipinski definition) is 3. The normalized spacial score (nSPS) is 9.72. The molecular formula is C13H20N4S. The Bertz CT molecular complexity index is 429. The molecule has 0 aliphatic rings. The van der Waals surface area contributed by atoms with Crippen LogP contribution in [0, 0.1) is 0 Å². The van der Waals surface area contributed by atoms with Crippen LogP contribution < -0.4 is 15.5 Å². The average Bonchev–Trinajstić information content (AvgIpc) is 2.34. The topological polar surface area (TPSA) is 40.2 Å². The van der Waals surface area contributed by atoms with Crippen molar-refractivity contribution in [3.63, 3.8) is 0 Å². The maximum atomic E-state index is 5.18. The average molecular weight is 264 g/mol. The van der Waals surface area contributed by atoms with Crippen molar-refractivity contribution in [3.05, 3.63) is 36.0 Å². The van der Waals surface area contributed by atoms with Crippen molar-refractivity contribution >= 4 is 23.1 Å². The number of anilines is 1. The lowest BCUT2D eigenvalue weighted by Crippen LogP contribution is -2.35. The Morgan fingerprint density at radius 1 is 1.44 bits per heavy atom. The monoisotopic (exact) mass is 264 g/mol. The molecule has 0 atom stereocenters. The van der Waals surface area contributed by atoms with E-state index < -0.39 is 0 Å². The molecule has 0 aliphatic heterocycles. The van der Waals surface area contributed by atoms with E-state index in [4.69, 9.17) is 12.2 Å². The van der Waals surface area contributed by atoms with Crippen LogP contribution in [0.5, 0.6) is 0 Å². The molecule has 1 aromatic rings. The van der Waals surface area contributed by atoms with Crippen molar-refractivity contribution < 1.29 is 0 Å². The summed E-state index contributed by atoms with van der Waals surface area (Å²) in [5.41, 5.74) is 2.16. The van der Waals surface area contributed by atoms with Crippen molar-refractivity contribution in [1.82, 2.24) is 15.6 Å². The number of thiocarbonyl (C=S) groups is 1. The van der Waals surface area contributed by atoms with E-state index in [9.17, 15) is 0 Å². The third kappa shape index (κ3) is 4.71. The number of nitrogens with one attached hydrogen (secondary N) is 2. The fraction of sp³-hybridized carbons (Fsp3) is 0.385. The molecule has 0 saturated heterocycles. The van der Waals surface area contributed by atoms with Gasteiger partial charge in [0, 0.05) is 38.9 Å². The van der Waals surface area contributed by atoms with E-state index in [1.807, 2.05) is 38.1 Å². The fourth-order valence-corrected chi connectivity index (χ4v) is 1.58. The Hall–Kier alpha value is -1.62. The molecule has 0 spiro atoms.